The molecule has 30 heavy (non-hydrogen) atoms. The lowest BCUT2D eigenvalue weighted by Crippen LogP contribution is -2.28. The van der Waals surface area contributed by atoms with Crippen LogP contribution in [0.15, 0.2) is 52.1 Å². The molecular weight excluding hydrogens is 388 g/mol. The predicted octanol–water partition coefficient (Wildman–Crippen LogP) is 1.62. The van der Waals surface area contributed by atoms with Gasteiger partial charge in [-0.1, -0.05) is 0 Å². The second-order valence-electron chi connectivity index (χ2n) is 7.21. The van der Waals surface area contributed by atoms with Crippen molar-refractivity contribution in [1.82, 2.24) is 14.5 Å². The molecule has 1 saturated heterocycles. The first-order chi connectivity index (χ1) is 14.5. The fraction of sp³-hybridized carbons (Fsp3) is 0.333. The third-order valence-corrected chi connectivity index (χ3v) is 5.14. The third kappa shape index (κ3) is 4.11. The van der Waals surface area contributed by atoms with Crippen molar-refractivity contribution in [3.8, 4) is 0 Å². The number of benzene rings is 1. The van der Waals surface area contributed by atoms with Crippen LogP contribution >= 0.6 is 0 Å². The normalized spacial score (nSPS) is 16.4. The topological polar surface area (TPSA) is 107 Å². The van der Waals surface area contributed by atoms with Crippen molar-refractivity contribution < 1.29 is 18.7 Å². The van der Waals surface area contributed by atoms with Crippen molar-refractivity contribution in [3.63, 3.8) is 0 Å². The minimum absolute atomic E-state index is 0.0877. The summed E-state index contributed by atoms with van der Waals surface area (Å²) in [4.78, 5) is 43.5. The van der Waals surface area contributed by atoms with Crippen LogP contribution in [-0.4, -0.2) is 46.5 Å². The Bertz CT molecular complexity index is 1120. The molecule has 0 saturated carbocycles. The number of amides is 2. The van der Waals surface area contributed by atoms with Gasteiger partial charge in [0.25, 0.3) is 5.56 Å². The van der Waals surface area contributed by atoms with Crippen LogP contribution in [0.1, 0.15) is 12.2 Å². The van der Waals surface area contributed by atoms with Gasteiger partial charge in [-0.3, -0.25) is 19.0 Å². The van der Waals surface area contributed by atoms with Crippen LogP contribution in [0.2, 0.25) is 0 Å². The molecule has 4 rings (SSSR count). The highest BCUT2D eigenvalue weighted by atomic mass is 16.5. The Balaban J connectivity index is 1.47. The second-order valence-corrected chi connectivity index (χ2v) is 7.21. The summed E-state index contributed by atoms with van der Waals surface area (Å²) < 4.78 is 11.8. The average molecular weight is 410 g/mol. The molecule has 0 unspecified atom stereocenters. The number of methoxy groups -OCH3 is 1. The molecule has 0 radical (unpaired) electrons. The molecule has 1 aromatic carbocycles. The highest BCUT2D eigenvalue weighted by molar-refractivity contribution is 5.98. The minimum atomic E-state index is -0.463. The fourth-order valence-electron chi connectivity index (χ4n) is 3.52. The molecule has 156 valence electrons. The molecule has 0 aliphatic carbocycles. The van der Waals surface area contributed by atoms with Crippen LogP contribution in [-0.2, 0) is 27.4 Å². The van der Waals surface area contributed by atoms with Crippen molar-refractivity contribution in [2.24, 2.45) is 5.92 Å². The quantitative estimate of drug-likeness (QED) is 0.634. The fourth-order valence-corrected chi connectivity index (χ4v) is 3.52. The first-order valence-electron chi connectivity index (χ1n) is 9.64. The van der Waals surface area contributed by atoms with Gasteiger partial charge < -0.3 is 19.4 Å². The molecule has 1 aliphatic rings. The van der Waals surface area contributed by atoms with E-state index in [1.165, 1.54) is 10.9 Å². The maximum absolute atomic E-state index is 12.7. The monoisotopic (exact) mass is 410 g/mol. The standard InChI is InChI=1S/C21H22N4O5/c1-29-8-6-24-13-22-18-5-4-15(10-17(18)21(24)28)23-20(27)14-9-19(26)25(11-14)12-16-3-2-7-30-16/h2-5,7,10,13-14H,6,8-9,11-12H2,1H3,(H,23,27)/t14-/m0/s1. The molecule has 1 N–H and O–H groups in total. The van der Waals surface area contributed by atoms with Crippen LogP contribution in [0, 0.1) is 5.92 Å². The lowest BCUT2D eigenvalue weighted by Gasteiger charge is -2.15. The van der Waals surface area contributed by atoms with Gasteiger partial charge in [0, 0.05) is 25.8 Å². The van der Waals surface area contributed by atoms with Crippen LogP contribution in [0.4, 0.5) is 5.69 Å². The number of carbonyl (C=O) groups excluding carboxylic acids is 2. The number of furan rings is 1. The number of likely N-dealkylation sites (tertiary alicyclic amines) is 1. The molecule has 9 heteroatoms. The number of anilines is 1. The number of carbonyl (C=O) groups is 2. The number of hydrogen-bond acceptors (Lipinski definition) is 6. The summed E-state index contributed by atoms with van der Waals surface area (Å²) in [6.07, 6.45) is 3.18. The van der Waals surface area contributed by atoms with Gasteiger partial charge in [-0.2, -0.15) is 0 Å². The summed E-state index contributed by atoms with van der Waals surface area (Å²) in [5.41, 5.74) is 0.842. The molecule has 2 amide bonds. The smallest absolute Gasteiger partial charge is 0.261 e. The number of hydrogen-bond donors (Lipinski definition) is 1. The minimum Gasteiger partial charge on any atom is -0.467 e. The maximum atomic E-state index is 12.7. The molecule has 1 aliphatic heterocycles. The molecular formula is C21H22N4O5. The zero-order chi connectivity index (χ0) is 21.1. The van der Waals surface area contributed by atoms with E-state index in [4.69, 9.17) is 9.15 Å². The number of fused-ring (bicyclic) bond motifs is 1. The Morgan fingerprint density at radius 1 is 1.33 bits per heavy atom. The van der Waals surface area contributed by atoms with Gasteiger partial charge in [-0.05, 0) is 30.3 Å². The Morgan fingerprint density at radius 3 is 2.97 bits per heavy atom. The van der Waals surface area contributed by atoms with Crippen molar-refractivity contribution in [2.75, 3.05) is 25.6 Å². The number of aromatic nitrogens is 2. The summed E-state index contributed by atoms with van der Waals surface area (Å²) >= 11 is 0. The van der Waals surface area contributed by atoms with Crippen LogP contribution in [0.3, 0.4) is 0 Å². The predicted molar refractivity (Wildman–Crippen MR) is 109 cm³/mol. The summed E-state index contributed by atoms with van der Waals surface area (Å²) in [5, 5.41) is 3.23. The Labute approximate surface area is 172 Å². The maximum Gasteiger partial charge on any atom is 0.261 e. The average Bonchev–Trinajstić information content (AvgIpc) is 3.38. The van der Waals surface area contributed by atoms with Gasteiger partial charge in [-0.25, -0.2) is 4.98 Å². The van der Waals surface area contributed by atoms with E-state index >= 15 is 0 Å². The van der Waals surface area contributed by atoms with Crippen molar-refractivity contribution in [1.29, 1.82) is 0 Å². The Hall–Kier alpha value is -3.46. The van der Waals surface area contributed by atoms with E-state index in [1.54, 1.807) is 48.6 Å². The van der Waals surface area contributed by atoms with Crippen LogP contribution < -0.4 is 10.9 Å². The van der Waals surface area contributed by atoms with E-state index in [0.717, 1.165) is 0 Å². The Morgan fingerprint density at radius 2 is 2.20 bits per heavy atom. The highest BCUT2D eigenvalue weighted by Gasteiger charge is 2.34. The number of nitrogens with one attached hydrogen (secondary N) is 1. The van der Waals surface area contributed by atoms with E-state index in [-0.39, 0.29) is 23.8 Å². The zero-order valence-corrected chi connectivity index (χ0v) is 16.5. The molecule has 2 aromatic heterocycles. The van der Waals surface area contributed by atoms with Gasteiger partial charge in [-0.15, -0.1) is 0 Å². The lowest BCUT2D eigenvalue weighted by molar-refractivity contribution is -0.128. The highest BCUT2D eigenvalue weighted by Crippen LogP contribution is 2.23. The lowest BCUT2D eigenvalue weighted by atomic mass is 10.1. The number of ether oxygens (including phenoxy) is 1. The number of rotatable bonds is 7. The van der Waals surface area contributed by atoms with Crippen LogP contribution in [0.25, 0.3) is 10.9 Å². The first kappa shape index (κ1) is 19.8. The zero-order valence-electron chi connectivity index (χ0n) is 16.5. The van der Waals surface area contributed by atoms with Gasteiger partial charge in [0.05, 0.1) is 49.1 Å². The van der Waals surface area contributed by atoms with Gasteiger partial charge in [0.1, 0.15) is 5.76 Å². The molecule has 1 atom stereocenters. The molecule has 3 aromatic rings. The SMILES string of the molecule is COCCn1cnc2ccc(NC(=O)[C@H]3CC(=O)N(Cc4ccco4)C3)cc2c1=O. The second kappa shape index (κ2) is 8.50. The van der Waals surface area contributed by atoms with Crippen LogP contribution in [0.5, 0.6) is 0 Å². The summed E-state index contributed by atoms with van der Waals surface area (Å²) in [6, 6.07) is 8.56. The van der Waals surface area contributed by atoms with E-state index in [2.05, 4.69) is 10.3 Å². The van der Waals surface area contributed by atoms with E-state index in [1.807, 2.05) is 0 Å². The first-order valence-corrected chi connectivity index (χ1v) is 9.64. The van der Waals surface area contributed by atoms with Crippen molar-refractivity contribution in [2.45, 2.75) is 19.5 Å². The Kier molecular flexibility index (Phi) is 5.62. The third-order valence-electron chi connectivity index (χ3n) is 5.14. The molecule has 1 fully saturated rings. The summed E-state index contributed by atoms with van der Waals surface area (Å²) in [6.45, 7) is 1.46. The molecule has 3 heterocycles. The molecule has 0 bridgehead atoms. The van der Waals surface area contributed by atoms with Crippen molar-refractivity contribution >= 4 is 28.4 Å². The number of nitrogens with zero attached hydrogens (tertiary/aromatic N) is 3. The van der Waals surface area contributed by atoms with Gasteiger partial charge in [0.15, 0.2) is 0 Å². The largest absolute Gasteiger partial charge is 0.467 e. The summed E-state index contributed by atoms with van der Waals surface area (Å²) in [7, 11) is 1.57. The van der Waals surface area contributed by atoms with E-state index in [0.29, 0.717) is 48.6 Å². The van der Waals surface area contributed by atoms with Crippen molar-refractivity contribution in [3.05, 3.63) is 59.0 Å². The van der Waals surface area contributed by atoms with E-state index in [9.17, 15) is 14.4 Å². The van der Waals surface area contributed by atoms with Gasteiger partial charge >= 0.3 is 0 Å². The summed E-state index contributed by atoms with van der Waals surface area (Å²) in [5.74, 6) is -0.129. The van der Waals surface area contributed by atoms with Gasteiger partial charge in [0.2, 0.25) is 11.8 Å². The molecule has 9 nitrogen and oxygen atoms in total. The van der Waals surface area contributed by atoms with E-state index < -0.39 is 5.92 Å². The molecule has 0 spiro atoms.